The van der Waals surface area contributed by atoms with E-state index in [1.54, 1.807) is 18.4 Å². The van der Waals surface area contributed by atoms with Gasteiger partial charge in [0.1, 0.15) is 0 Å². The van der Waals surface area contributed by atoms with Crippen molar-refractivity contribution in [3.8, 4) is 5.88 Å². The van der Waals surface area contributed by atoms with E-state index in [1.807, 2.05) is 23.7 Å². The number of aliphatic hydroxyl groups excluding tert-OH is 1. The highest BCUT2D eigenvalue weighted by Crippen LogP contribution is 2.19. The number of rotatable bonds is 6. The summed E-state index contributed by atoms with van der Waals surface area (Å²) >= 11 is 1.62. The van der Waals surface area contributed by atoms with Crippen LogP contribution in [0.25, 0.3) is 0 Å². The van der Waals surface area contributed by atoms with Crippen LogP contribution in [0.15, 0.2) is 29.8 Å². The van der Waals surface area contributed by atoms with Crippen LogP contribution in [0.5, 0.6) is 5.88 Å². The zero-order chi connectivity index (χ0) is 12.8. The molecule has 18 heavy (non-hydrogen) atoms. The van der Waals surface area contributed by atoms with Crippen LogP contribution in [-0.2, 0) is 19.4 Å². The van der Waals surface area contributed by atoms with Gasteiger partial charge in [-0.2, -0.15) is 0 Å². The Bertz CT molecular complexity index is 479. The van der Waals surface area contributed by atoms with Gasteiger partial charge in [-0.25, -0.2) is 4.98 Å². The number of aliphatic hydroxyl groups is 1. The summed E-state index contributed by atoms with van der Waals surface area (Å²) in [4.78, 5) is 5.27. The Labute approximate surface area is 111 Å². The van der Waals surface area contributed by atoms with E-state index in [-0.39, 0.29) is 6.61 Å². The fourth-order valence-corrected chi connectivity index (χ4v) is 2.68. The molecule has 0 bridgehead atoms. The van der Waals surface area contributed by atoms with Gasteiger partial charge in [0.05, 0.1) is 13.7 Å². The molecule has 2 rings (SSSR count). The van der Waals surface area contributed by atoms with Crippen molar-refractivity contribution in [1.29, 1.82) is 0 Å². The van der Waals surface area contributed by atoms with Crippen LogP contribution >= 0.6 is 11.3 Å². The summed E-state index contributed by atoms with van der Waals surface area (Å²) in [7, 11) is 1.62. The molecular weight excluding hydrogens is 246 g/mol. The van der Waals surface area contributed by atoms with E-state index in [0.717, 1.165) is 24.1 Å². The van der Waals surface area contributed by atoms with Gasteiger partial charge in [0.15, 0.2) is 0 Å². The molecule has 1 N–H and O–H groups in total. The summed E-state index contributed by atoms with van der Waals surface area (Å²) in [6, 6.07) is 6.04. The molecule has 96 valence electrons. The van der Waals surface area contributed by atoms with Crippen LogP contribution in [0, 0.1) is 0 Å². The standard InChI is InChI=1S/C14H17NO2S/c1-17-14-6-5-11(9-15-14)3-2-4-12-7-8-18-13(12)10-16/h5-9,16H,2-4,10H2,1H3. The van der Waals surface area contributed by atoms with Crippen molar-refractivity contribution in [2.75, 3.05) is 7.11 Å². The molecule has 0 radical (unpaired) electrons. The molecule has 4 heteroatoms. The Morgan fingerprint density at radius 1 is 1.28 bits per heavy atom. The first kappa shape index (κ1) is 13.1. The van der Waals surface area contributed by atoms with Crippen molar-refractivity contribution in [2.24, 2.45) is 0 Å². The van der Waals surface area contributed by atoms with E-state index >= 15 is 0 Å². The number of methoxy groups -OCH3 is 1. The quantitative estimate of drug-likeness (QED) is 0.871. The Hall–Kier alpha value is -1.39. The number of thiophene rings is 1. The van der Waals surface area contributed by atoms with Crippen molar-refractivity contribution in [1.82, 2.24) is 4.98 Å². The first-order valence-corrected chi connectivity index (χ1v) is 6.86. The second kappa shape index (κ2) is 6.52. The molecule has 0 atom stereocenters. The normalized spacial score (nSPS) is 10.6. The molecule has 2 aromatic rings. The van der Waals surface area contributed by atoms with E-state index in [9.17, 15) is 0 Å². The highest BCUT2D eigenvalue weighted by molar-refractivity contribution is 7.10. The highest BCUT2D eigenvalue weighted by Gasteiger charge is 2.03. The molecule has 0 aliphatic carbocycles. The molecule has 2 aromatic heterocycles. The second-order valence-corrected chi connectivity index (χ2v) is 5.09. The van der Waals surface area contributed by atoms with Gasteiger partial charge in [-0.05, 0) is 41.8 Å². The minimum absolute atomic E-state index is 0.150. The Morgan fingerprint density at radius 2 is 2.17 bits per heavy atom. The molecule has 0 fully saturated rings. The third kappa shape index (κ3) is 3.31. The number of hydrogen-bond donors (Lipinski definition) is 1. The monoisotopic (exact) mass is 263 g/mol. The van der Waals surface area contributed by atoms with Crippen LogP contribution in [0.3, 0.4) is 0 Å². The van der Waals surface area contributed by atoms with Gasteiger partial charge < -0.3 is 9.84 Å². The maximum atomic E-state index is 9.17. The lowest BCUT2D eigenvalue weighted by molar-refractivity contribution is 0.284. The lowest BCUT2D eigenvalue weighted by Crippen LogP contribution is -1.93. The van der Waals surface area contributed by atoms with Crippen LogP contribution in [0.1, 0.15) is 22.4 Å². The van der Waals surface area contributed by atoms with E-state index < -0.39 is 0 Å². The number of aryl methyl sites for hydroxylation is 2. The van der Waals surface area contributed by atoms with Gasteiger partial charge in [-0.15, -0.1) is 11.3 Å². The fraction of sp³-hybridized carbons (Fsp3) is 0.357. The smallest absolute Gasteiger partial charge is 0.212 e. The summed E-state index contributed by atoms with van der Waals surface area (Å²) < 4.78 is 5.03. The molecule has 0 unspecified atom stereocenters. The molecular formula is C14H17NO2S. The molecule has 0 amide bonds. The Balaban J connectivity index is 1.84. The summed E-state index contributed by atoms with van der Waals surface area (Å²) in [5.41, 5.74) is 2.49. The van der Waals surface area contributed by atoms with Crippen LogP contribution in [-0.4, -0.2) is 17.2 Å². The number of pyridine rings is 1. The van der Waals surface area contributed by atoms with E-state index in [4.69, 9.17) is 9.84 Å². The SMILES string of the molecule is COc1ccc(CCCc2ccsc2CO)cn1. The average Bonchev–Trinajstić information content (AvgIpc) is 2.87. The summed E-state index contributed by atoms with van der Waals surface area (Å²) in [5, 5.41) is 11.2. The number of ether oxygens (including phenoxy) is 1. The number of nitrogens with zero attached hydrogens (tertiary/aromatic N) is 1. The van der Waals surface area contributed by atoms with Crippen LogP contribution < -0.4 is 4.74 Å². The number of aromatic nitrogens is 1. The predicted molar refractivity (Wildman–Crippen MR) is 73.1 cm³/mol. The van der Waals surface area contributed by atoms with Gasteiger partial charge in [-0.1, -0.05) is 6.07 Å². The summed E-state index contributed by atoms with van der Waals surface area (Å²) in [6.07, 6.45) is 4.93. The van der Waals surface area contributed by atoms with Gasteiger partial charge >= 0.3 is 0 Å². The third-order valence-corrected chi connectivity index (χ3v) is 3.85. The van der Waals surface area contributed by atoms with Crippen molar-refractivity contribution >= 4 is 11.3 Å². The molecule has 0 spiro atoms. The minimum Gasteiger partial charge on any atom is -0.481 e. The molecule has 0 aliphatic rings. The minimum atomic E-state index is 0.150. The molecule has 0 saturated heterocycles. The maximum Gasteiger partial charge on any atom is 0.212 e. The van der Waals surface area contributed by atoms with E-state index in [1.165, 1.54) is 11.1 Å². The fourth-order valence-electron chi connectivity index (χ4n) is 1.89. The van der Waals surface area contributed by atoms with Crippen molar-refractivity contribution < 1.29 is 9.84 Å². The molecule has 0 aromatic carbocycles. The molecule has 3 nitrogen and oxygen atoms in total. The van der Waals surface area contributed by atoms with Crippen molar-refractivity contribution in [2.45, 2.75) is 25.9 Å². The Morgan fingerprint density at radius 3 is 2.83 bits per heavy atom. The highest BCUT2D eigenvalue weighted by atomic mass is 32.1. The van der Waals surface area contributed by atoms with Gasteiger partial charge in [0.25, 0.3) is 0 Å². The van der Waals surface area contributed by atoms with Crippen molar-refractivity contribution in [3.05, 3.63) is 45.8 Å². The largest absolute Gasteiger partial charge is 0.481 e. The molecule has 0 saturated carbocycles. The topological polar surface area (TPSA) is 42.4 Å². The molecule has 2 heterocycles. The van der Waals surface area contributed by atoms with E-state index in [2.05, 4.69) is 11.1 Å². The summed E-state index contributed by atoms with van der Waals surface area (Å²) in [6.45, 7) is 0.150. The van der Waals surface area contributed by atoms with Gasteiger partial charge in [0, 0.05) is 17.1 Å². The van der Waals surface area contributed by atoms with Crippen LogP contribution in [0.2, 0.25) is 0 Å². The van der Waals surface area contributed by atoms with Gasteiger partial charge in [0.2, 0.25) is 5.88 Å². The maximum absolute atomic E-state index is 9.17. The lowest BCUT2D eigenvalue weighted by atomic mass is 10.1. The van der Waals surface area contributed by atoms with Crippen molar-refractivity contribution in [3.63, 3.8) is 0 Å². The van der Waals surface area contributed by atoms with E-state index in [0.29, 0.717) is 5.88 Å². The third-order valence-electron chi connectivity index (χ3n) is 2.90. The van der Waals surface area contributed by atoms with Crippen LogP contribution in [0.4, 0.5) is 0 Å². The predicted octanol–water partition coefficient (Wildman–Crippen LogP) is 2.82. The molecule has 0 aliphatic heterocycles. The zero-order valence-electron chi connectivity index (χ0n) is 10.4. The number of hydrogen-bond acceptors (Lipinski definition) is 4. The van der Waals surface area contributed by atoms with Gasteiger partial charge in [-0.3, -0.25) is 0 Å². The lowest BCUT2D eigenvalue weighted by Gasteiger charge is -2.03. The average molecular weight is 263 g/mol. The second-order valence-electron chi connectivity index (χ2n) is 4.09. The first-order chi connectivity index (χ1) is 8.83. The zero-order valence-corrected chi connectivity index (χ0v) is 11.2. The Kier molecular flexibility index (Phi) is 4.73. The first-order valence-electron chi connectivity index (χ1n) is 5.98. The summed E-state index contributed by atoms with van der Waals surface area (Å²) in [5.74, 6) is 0.652.